The molecule has 0 saturated carbocycles. The molecule has 1 heterocycles. The first-order chi connectivity index (χ1) is 10.6. The minimum absolute atomic E-state index is 0.104. The Hall–Kier alpha value is -2.37. The zero-order valence-corrected chi connectivity index (χ0v) is 13.9. The van der Waals surface area contributed by atoms with Crippen LogP contribution in [0.2, 0.25) is 0 Å². The lowest BCUT2D eigenvalue weighted by Crippen LogP contribution is -2.52. The van der Waals surface area contributed by atoms with Crippen molar-refractivity contribution in [3.63, 3.8) is 0 Å². The molecule has 6 heteroatoms. The Bertz CT molecular complexity index is 636. The van der Waals surface area contributed by atoms with Crippen LogP contribution in [0.15, 0.2) is 24.3 Å². The van der Waals surface area contributed by atoms with Crippen molar-refractivity contribution < 1.29 is 19.5 Å². The maximum atomic E-state index is 12.6. The minimum atomic E-state index is -1.31. The van der Waals surface area contributed by atoms with Crippen molar-refractivity contribution in [1.29, 1.82) is 0 Å². The van der Waals surface area contributed by atoms with Gasteiger partial charge in [-0.05, 0) is 32.9 Å². The third kappa shape index (κ3) is 3.21. The maximum Gasteiger partial charge on any atom is 0.329 e. The van der Waals surface area contributed by atoms with Crippen molar-refractivity contribution in [1.82, 2.24) is 4.90 Å². The number of nitrogens with zero attached hydrogens (tertiary/aromatic N) is 2. The first-order valence-corrected chi connectivity index (χ1v) is 7.52. The van der Waals surface area contributed by atoms with Gasteiger partial charge in [0.1, 0.15) is 5.54 Å². The highest BCUT2D eigenvalue weighted by Gasteiger charge is 2.42. The SMILES string of the molecule is Cc1ccc(N2CC(C(=O)N(C)C(C)(C)C(=O)O)CC2=O)cc1. The molecule has 0 radical (unpaired) electrons. The normalized spacial score (nSPS) is 18.2. The number of hydrogen-bond donors (Lipinski definition) is 1. The van der Waals surface area contributed by atoms with Gasteiger partial charge < -0.3 is 14.9 Å². The van der Waals surface area contributed by atoms with Crippen molar-refractivity contribution in [2.75, 3.05) is 18.5 Å². The van der Waals surface area contributed by atoms with Gasteiger partial charge >= 0.3 is 5.97 Å². The van der Waals surface area contributed by atoms with Crippen molar-refractivity contribution in [2.24, 2.45) is 5.92 Å². The molecule has 0 bridgehead atoms. The van der Waals surface area contributed by atoms with Gasteiger partial charge in [-0.2, -0.15) is 0 Å². The van der Waals surface area contributed by atoms with E-state index in [1.165, 1.54) is 25.8 Å². The summed E-state index contributed by atoms with van der Waals surface area (Å²) in [6, 6.07) is 7.53. The number of anilines is 1. The van der Waals surface area contributed by atoms with E-state index in [0.29, 0.717) is 0 Å². The fourth-order valence-corrected chi connectivity index (χ4v) is 2.54. The quantitative estimate of drug-likeness (QED) is 0.916. The van der Waals surface area contributed by atoms with E-state index in [2.05, 4.69) is 0 Å². The molecule has 124 valence electrons. The van der Waals surface area contributed by atoms with Gasteiger partial charge in [0, 0.05) is 25.7 Å². The topological polar surface area (TPSA) is 77.9 Å². The fraction of sp³-hybridized carbons (Fsp3) is 0.471. The number of carboxylic acid groups (broad SMARTS) is 1. The molecule has 1 aromatic carbocycles. The maximum absolute atomic E-state index is 12.6. The summed E-state index contributed by atoms with van der Waals surface area (Å²) in [4.78, 5) is 38.9. The zero-order chi connectivity index (χ0) is 17.4. The molecule has 1 aliphatic rings. The van der Waals surface area contributed by atoms with Gasteiger partial charge in [0.15, 0.2) is 0 Å². The molecule has 0 aliphatic carbocycles. The number of carboxylic acids is 1. The lowest BCUT2D eigenvalue weighted by atomic mass is 10.00. The number of aliphatic carboxylic acids is 1. The average Bonchev–Trinajstić information content (AvgIpc) is 2.88. The second kappa shape index (κ2) is 6.02. The summed E-state index contributed by atoms with van der Waals surface area (Å²) in [5.41, 5.74) is 0.546. The summed E-state index contributed by atoms with van der Waals surface area (Å²) < 4.78 is 0. The molecule has 0 spiro atoms. The Morgan fingerprint density at radius 2 is 1.83 bits per heavy atom. The molecule has 1 unspecified atom stereocenters. The van der Waals surface area contributed by atoms with E-state index in [1.807, 2.05) is 31.2 Å². The summed E-state index contributed by atoms with van der Waals surface area (Å²) in [6.45, 7) is 5.19. The first kappa shape index (κ1) is 17.0. The van der Waals surface area contributed by atoms with Crippen LogP contribution in [0.1, 0.15) is 25.8 Å². The predicted octanol–water partition coefficient (Wildman–Crippen LogP) is 1.67. The van der Waals surface area contributed by atoms with Gasteiger partial charge in [-0.15, -0.1) is 0 Å². The number of benzene rings is 1. The Kier molecular flexibility index (Phi) is 4.45. The Labute approximate surface area is 135 Å². The smallest absolute Gasteiger partial charge is 0.329 e. The van der Waals surface area contributed by atoms with Crippen LogP contribution in [-0.2, 0) is 14.4 Å². The van der Waals surface area contributed by atoms with Crippen LogP contribution in [0.5, 0.6) is 0 Å². The molecular weight excluding hydrogens is 296 g/mol. The largest absolute Gasteiger partial charge is 0.480 e. The molecule has 1 fully saturated rings. The molecule has 1 N–H and O–H groups in total. The van der Waals surface area contributed by atoms with E-state index < -0.39 is 17.4 Å². The first-order valence-electron chi connectivity index (χ1n) is 7.52. The summed E-state index contributed by atoms with van der Waals surface area (Å²) in [7, 11) is 1.47. The molecule has 23 heavy (non-hydrogen) atoms. The average molecular weight is 318 g/mol. The van der Waals surface area contributed by atoms with Crippen LogP contribution in [0, 0.1) is 12.8 Å². The van der Waals surface area contributed by atoms with Crippen LogP contribution in [0.25, 0.3) is 0 Å². The molecular formula is C17H22N2O4. The second-order valence-electron chi connectivity index (χ2n) is 6.50. The number of aryl methyl sites for hydroxylation is 1. The Balaban J connectivity index is 2.14. The lowest BCUT2D eigenvalue weighted by Gasteiger charge is -2.33. The van der Waals surface area contributed by atoms with Crippen LogP contribution in [0.4, 0.5) is 5.69 Å². The van der Waals surface area contributed by atoms with Crippen molar-refractivity contribution in [3.8, 4) is 0 Å². The minimum Gasteiger partial charge on any atom is -0.480 e. The third-order valence-electron chi connectivity index (χ3n) is 4.51. The van der Waals surface area contributed by atoms with E-state index in [1.54, 1.807) is 4.90 Å². The van der Waals surface area contributed by atoms with E-state index in [0.717, 1.165) is 11.3 Å². The molecule has 2 rings (SSSR count). The van der Waals surface area contributed by atoms with E-state index >= 15 is 0 Å². The number of carbonyl (C=O) groups is 3. The highest BCUT2D eigenvalue weighted by atomic mass is 16.4. The number of hydrogen-bond acceptors (Lipinski definition) is 3. The number of amides is 2. The Morgan fingerprint density at radius 3 is 2.35 bits per heavy atom. The zero-order valence-electron chi connectivity index (χ0n) is 13.9. The Morgan fingerprint density at radius 1 is 1.26 bits per heavy atom. The third-order valence-corrected chi connectivity index (χ3v) is 4.51. The predicted molar refractivity (Wildman–Crippen MR) is 86.1 cm³/mol. The van der Waals surface area contributed by atoms with Crippen molar-refractivity contribution in [3.05, 3.63) is 29.8 Å². The molecule has 2 amide bonds. The monoisotopic (exact) mass is 318 g/mol. The van der Waals surface area contributed by atoms with Crippen LogP contribution in [-0.4, -0.2) is 46.9 Å². The standard InChI is InChI=1S/C17H22N2O4/c1-11-5-7-13(8-6-11)19-10-12(9-14(19)20)15(21)18(4)17(2,3)16(22)23/h5-8,12H,9-10H2,1-4H3,(H,22,23). The van der Waals surface area contributed by atoms with Gasteiger partial charge in [0.2, 0.25) is 11.8 Å². The second-order valence-corrected chi connectivity index (χ2v) is 6.50. The van der Waals surface area contributed by atoms with Crippen LogP contribution < -0.4 is 4.90 Å². The van der Waals surface area contributed by atoms with Gasteiger partial charge in [-0.1, -0.05) is 17.7 Å². The van der Waals surface area contributed by atoms with Gasteiger partial charge in [-0.3, -0.25) is 9.59 Å². The highest BCUT2D eigenvalue weighted by Crippen LogP contribution is 2.28. The van der Waals surface area contributed by atoms with E-state index in [-0.39, 0.29) is 24.8 Å². The van der Waals surface area contributed by atoms with Crippen molar-refractivity contribution in [2.45, 2.75) is 32.7 Å². The summed E-state index contributed by atoms with van der Waals surface area (Å²) in [6.07, 6.45) is 0.104. The highest BCUT2D eigenvalue weighted by molar-refractivity contribution is 6.01. The molecule has 1 saturated heterocycles. The van der Waals surface area contributed by atoms with Gasteiger partial charge in [0.05, 0.1) is 5.92 Å². The van der Waals surface area contributed by atoms with Gasteiger partial charge in [-0.25, -0.2) is 4.79 Å². The van der Waals surface area contributed by atoms with Gasteiger partial charge in [0.25, 0.3) is 0 Å². The van der Waals surface area contributed by atoms with Crippen molar-refractivity contribution >= 4 is 23.5 Å². The molecule has 0 aromatic heterocycles. The molecule has 1 atom stereocenters. The van der Waals surface area contributed by atoms with Crippen LogP contribution in [0.3, 0.4) is 0 Å². The summed E-state index contributed by atoms with van der Waals surface area (Å²) in [5.74, 6) is -2.03. The van der Waals surface area contributed by atoms with E-state index in [4.69, 9.17) is 0 Å². The van der Waals surface area contributed by atoms with E-state index in [9.17, 15) is 19.5 Å². The summed E-state index contributed by atoms with van der Waals surface area (Å²) in [5, 5.41) is 9.24. The van der Waals surface area contributed by atoms with Crippen LogP contribution >= 0.6 is 0 Å². The molecule has 1 aromatic rings. The lowest BCUT2D eigenvalue weighted by molar-refractivity contribution is -0.156. The summed E-state index contributed by atoms with van der Waals surface area (Å²) >= 11 is 0. The molecule has 1 aliphatic heterocycles. The fourth-order valence-electron chi connectivity index (χ4n) is 2.54. The number of likely N-dealkylation sites (N-methyl/N-ethyl adjacent to an activating group) is 1. The molecule has 6 nitrogen and oxygen atoms in total. The number of rotatable bonds is 4. The number of carbonyl (C=O) groups excluding carboxylic acids is 2.